The summed E-state index contributed by atoms with van der Waals surface area (Å²) in [6.45, 7) is 11.8. The van der Waals surface area contributed by atoms with E-state index < -0.39 is 5.60 Å². The fraction of sp³-hybridized carbons (Fsp3) is 0.765. The van der Waals surface area contributed by atoms with Crippen molar-refractivity contribution in [3.8, 4) is 0 Å². The van der Waals surface area contributed by atoms with E-state index in [1.54, 1.807) is 0 Å². The topological polar surface area (TPSA) is 53.4 Å². The molecule has 0 saturated heterocycles. The van der Waals surface area contributed by atoms with Crippen LogP contribution in [0.2, 0.25) is 0 Å². The molecule has 1 amide bonds. The van der Waals surface area contributed by atoms with Crippen molar-refractivity contribution in [2.45, 2.75) is 72.1 Å². The first kappa shape index (κ1) is 17.7. The van der Waals surface area contributed by atoms with Gasteiger partial charge in [-0.2, -0.15) is 0 Å². The lowest BCUT2D eigenvalue weighted by Crippen LogP contribution is -2.53. The normalized spacial score (nSPS) is 25.0. The first-order valence-electron chi connectivity index (χ1n) is 7.84. The van der Waals surface area contributed by atoms with Crippen LogP contribution in [0.3, 0.4) is 0 Å². The van der Waals surface area contributed by atoms with E-state index >= 15 is 0 Å². The molecule has 0 spiro atoms. The van der Waals surface area contributed by atoms with Crippen LogP contribution in [0.15, 0.2) is 12.2 Å². The Bertz CT molecular complexity index is 398. The van der Waals surface area contributed by atoms with Gasteiger partial charge in [-0.1, -0.05) is 26.0 Å². The molecule has 1 aliphatic rings. The molecule has 0 heterocycles. The van der Waals surface area contributed by atoms with Gasteiger partial charge in [0.1, 0.15) is 5.60 Å². The molecule has 1 rings (SSSR count). The number of nitrogens with zero attached hydrogens (tertiary/aromatic N) is 1. The molecular weight excluding hydrogens is 264 g/mol. The van der Waals surface area contributed by atoms with E-state index in [1.807, 2.05) is 39.5 Å². The summed E-state index contributed by atoms with van der Waals surface area (Å²) in [5.41, 5.74) is -0.503. The van der Waals surface area contributed by atoms with Gasteiger partial charge < -0.3 is 15.0 Å². The second kappa shape index (κ2) is 7.10. The highest BCUT2D eigenvalue weighted by Crippen LogP contribution is 2.28. The largest absolute Gasteiger partial charge is 0.444 e. The number of ether oxygens (including phenoxy) is 1. The number of rotatable bonds is 4. The molecule has 0 aliphatic heterocycles. The molecule has 21 heavy (non-hydrogen) atoms. The average molecular weight is 294 g/mol. The van der Waals surface area contributed by atoms with Crippen LogP contribution in [0.1, 0.15) is 54.4 Å². The molecule has 120 valence electrons. The van der Waals surface area contributed by atoms with E-state index in [2.05, 4.69) is 19.1 Å². The van der Waals surface area contributed by atoms with Crippen molar-refractivity contribution < 1.29 is 9.53 Å². The molecule has 0 aromatic heterocycles. The third-order valence-corrected chi connectivity index (χ3v) is 4.13. The van der Waals surface area contributed by atoms with Crippen molar-refractivity contribution in [1.82, 2.24) is 4.90 Å². The molecule has 0 fully saturated rings. The second-order valence-electron chi connectivity index (χ2n) is 7.14. The number of carbonyl (C=O) groups excluding carboxylic acids is 1. The minimum atomic E-state index is -0.503. The standard InChI is InChI=1S/C17H30N2O2/c1-12-9-7-8-10-15(12)19(14(3)13(2)11-18)16(20)21-17(4,5)6/h7-8,11-15,18H,9-10H2,1-6H3/t12?,13?,14?,15-/m1/s1. The van der Waals surface area contributed by atoms with Gasteiger partial charge in [0, 0.05) is 24.2 Å². The summed E-state index contributed by atoms with van der Waals surface area (Å²) in [7, 11) is 0. The van der Waals surface area contributed by atoms with E-state index in [1.165, 1.54) is 6.21 Å². The van der Waals surface area contributed by atoms with Crippen LogP contribution in [0, 0.1) is 17.2 Å². The van der Waals surface area contributed by atoms with Gasteiger partial charge in [-0.05, 0) is 46.5 Å². The quantitative estimate of drug-likeness (QED) is 0.622. The Morgan fingerprint density at radius 1 is 1.33 bits per heavy atom. The number of hydrogen-bond donors (Lipinski definition) is 1. The maximum absolute atomic E-state index is 12.7. The molecule has 4 nitrogen and oxygen atoms in total. The van der Waals surface area contributed by atoms with E-state index in [0.717, 1.165) is 12.8 Å². The Balaban J connectivity index is 3.01. The molecule has 0 bridgehead atoms. The maximum Gasteiger partial charge on any atom is 0.410 e. The zero-order chi connectivity index (χ0) is 16.2. The SMILES string of the molecule is CC(C=N)C(C)N(C(=O)OC(C)(C)C)[C@@H]1CC=CCC1C. The van der Waals surface area contributed by atoms with Gasteiger partial charge in [-0.3, -0.25) is 0 Å². The summed E-state index contributed by atoms with van der Waals surface area (Å²) >= 11 is 0. The van der Waals surface area contributed by atoms with Gasteiger partial charge in [-0.25, -0.2) is 4.79 Å². The van der Waals surface area contributed by atoms with Crippen molar-refractivity contribution in [3.05, 3.63) is 12.2 Å². The van der Waals surface area contributed by atoms with E-state index in [-0.39, 0.29) is 24.1 Å². The summed E-state index contributed by atoms with van der Waals surface area (Å²) in [4.78, 5) is 14.5. The van der Waals surface area contributed by atoms with Crippen LogP contribution in [0.4, 0.5) is 4.79 Å². The summed E-state index contributed by atoms with van der Waals surface area (Å²) in [5.74, 6) is 0.415. The van der Waals surface area contributed by atoms with Crippen LogP contribution in [-0.2, 0) is 4.74 Å². The summed E-state index contributed by atoms with van der Waals surface area (Å²) in [6, 6.07) is 0.0959. The number of allylic oxidation sites excluding steroid dienone is 1. The molecule has 0 saturated carbocycles. The number of hydrogen-bond acceptors (Lipinski definition) is 3. The highest BCUT2D eigenvalue weighted by Gasteiger charge is 2.36. The minimum absolute atomic E-state index is 0.00984. The van der Waals surface area contributed by atoms with Gasteiger partial charge in [0.25, 0.3) is 0 Å². The minimum Gasteiger partial charge on any atom is -0.444 e. The Hall–Kier alpha value is -1.32. The van der Waals surface area contributed by atoms with Crippen LogP contribution < -0.4 is 0 Å². The van der Waals surface area contributed by atoms with Gasteiger partial charge in [-0.15, -0.1) is 0 Å². The zero-order valence-electron chi connectivity index (χ0n) is 14.2. The van der Waals surface area contributed by atoms with Crippen LogP contribution in [-0.4, -0.2) is 34.9 Å². The first-order chi connectivity index (χ1) is 9.67. The van der Waals surface area contributed by atoms with Gasteiger partial charge in [0.2, 0.25) is 0 Å². The molecule has 0 radical (unpaired) electrons. The Morgan fingerprint density at radius 2 is 1.90 bits per heavy atom. The first-order valence-corrected chi connectivity index (χ1v) is 7.84. The number of nitrogens with one attached hydrogen (secondary N) is 1. The number of carbonyl (C=O) groups is 1. The Labute approximate surface area is 129 Å². The van der Waals surface area contributed by atoms with Gasteiger partial charge in [0.15, 0.2) is 0 Å². The molecule has 1 aliphatic carbocycles. The van der Waals surface area contributed by atoms with E-state index in [4.69, 9.17) is 10.1 Å². The zero-order valence-corrected chi connectivity index (χ0v) is 14.2. The molecule has 4 atom stereocenters. The van der Waals surface area contributed by atoms with Crippen molar-refractivity contribution in [3.63, 3.8) is 0 Å². The fourth-order valence-corrected chi connectivity index (χ4v) is 2.63. The lowest BCUT2D eigenvalue weighted by Gasteiger charge is -2.42. The molecule has 4 heteroatoms. The van der Waals surface area contributed by atoms with Crippen molar-refractivity contribution >= 4 is 12.3 Å². The van der Waals surface area contributed by atoms with Crippen LogP contribution in [0.5, 0.6) is 0 Å². The third-order valence-electron chi connectivity index (χ3n) is 4.13. The highest BCUT2D eigenvalue weighted by molar-refractivity contribution is 5.70. The van der Waals surface area contributed by atoms with Crippen LogP contribution >= 0.6 is 0 Å². The average Bonchev–Trinajstić information content (AvgIpc) is 2.38. The Morgan fingerprint density at radius 3 is 2.38 bits per heavy atom. The predicted octanol–water partition coefficient (Wildman–Crippen LogP) is 4.25. The molecule has 3 unspecified atom stereocenters. The maximum atomic E-state index is 12.7. The summed E-state index contributed by atoms with van der Waals surface area (Å²) in [5, 5.41) is 7.50. The fourth-order valence-electron chi connectivity index (χ4n) is 2.63. The molecule has 1 N–H and O–H groups in total. The van der Waals surface area contributed by atoms with Crippen molar-refractivity contribution in [2.24, 2.45) is 11.8 Å². The molecular formula is C17H30N2O2. The summed E-state index contributed by atoms with van der Waals surface area (Å²) in [6.07, 6.45) is 7.30. The predicted molar refractivity (Wildman–Crippen MR) is 86.8 cm³/mol. The second-order valence-corrected chi connectivity index (χ2v) is 7.14. The number of amides is 1. The molecule has 0 aromatic carbocycles. The van der Waals surface area contributed by atoms with Gasteiger partial charge in [0.05, 0.1) is 0 Å². The lowest BCUT2D eigenvalue weighted by atomic mass is 9.87. The third kappa shape index (κ3) is 4.87. The van der Waals surface area contributed by atoms with E-state index in [0.29, 0.717) is 5.92 Å². The van der Waals surface area contributed by atoms with Crippen LogP contribution in [0.25, 0.3) is 0 Å². The van der Waals surface area contributed by atoms with E-state index in [9.17, 15) is 4.79 Å². The highest BCUT2D eigenvalue weighted by atomic mass is 16.6. The van der Waals surface area contributed by atoms with Gasteiger partial charge >= 0.3 is 6.09 Å². The monoisotopic (exact) mass is 294 g/mol. The Kier molecular flexibility index (Phi) is 5.99. The van der Waals surface area contributed by atoms with Crippen molar-refractivity contribution in [1.29, 1.82) is 5.41 Å². The lowest BCUT2D eigenvalue weighted by molar-refractivity contribution is -0.00366. The van der Waals surface area contributed by atoms with Crippen molar-refractivity contribution in [2.75, 3.05) is 0 Å². The smallest absolute Gasteiger partial charge is 0.410 e. The summed E-state index contributed by atoms with van der Waals surface area (Å²) < 4.78 is 5.60. The molecule has 0 aromatic rings.